The number of benzene rings is 2. The van der Waals surface area contributed by atoms with Crippen LogP contribution < -0.4 is 9.64 Å². The van der Waals surface area contributed by atoms with Crippen molar-refractivity contribution in [3.8, 4) is 5.75 Å². The first-order valence-electron chi connectivity index (χ1n) is 10.2. The molecular weight excluding hydrogens is 452 g/mol. The zero-order valence-electron chi connectivity index (χ0n) is 17.8. The predicted molar refractivity (Wildman–Crippen MR) is 127 cm³/mol. The Morgan fingerprint density at radius 1 is 1.31 bits per heavy atom. The van der Waals surface area contributed by atoms with E-state index in [1.807, 2.05) is 32.0 Å². The van der Waals surface area contributed by atoms with E-state index in [-0.39, 0.29) is 21.7 Å². The standard InChI is InChI=1S/C23H25ClN2O5S/c1-3-10-25-23-26(19-7-5-4-6-15(19)2)22(29)21(32(23)30)12-16-8-9-20(18(24)11-16)31-14-17(28)13-27/h4-9,11-12,17,27-28H,3,10,13-14H2,1-2H3/b21-12-,25-23+. The van der Waals surface area contributed by atoms with Crippen LogP contribution in [0.2, 0.25) is 5.02 Å². The highest BCUT2D eigenvalue weighted by atomic mass is 35.5. The Hall–Kier alpha value is -2.36. The number of anilines is 1. The summed E-state index contributed by atoms with van der Waals surface area (Å²) in [7, 11) is 0. The van der Waals surface area contributed by atoms with Gasteiger partial charge in [-0.15, -0.1) is 0 Å². The maximum Gasteiger partial charge on any atom is 0.332 e. The number of aliphatic hydroxyl groups excluding tert-OH is 2. The fourth-order valence-corrected chi connectivity index (χ4v) is 4.54. The summed E-state index contributed by atoms with van der Waals surface area (Å²) in [4.78, 5) is 19.3. The molecular formula is C23H25ClN2O5S. The summed E-state index contributed by atoms with van der Waals surface area (Å²) in [6.07, 6.45) is 1.29. The smallest absolute Gasteiger partial charge is 0.332 e. The fraction of sp³-hybridized carbons (Fsp3) is 0.304. The lowest BCUT2D eigenvalue weighted by atomic mass is 10.1. The molecule has 1 aliphatic rings. The first-order valence-corrected chi connectivity index (χ1v) is 11.7. The van der Waals surface area contributed by atoms with Gasteiger partial charge in [0, 0.05) is 12.6 Å². The zero-order chi connectivity index (χ0) is 23.3. The number of carbonyl (C=O) groups excluding carboxylic acids is 1. The third kappa shape index (κ3) is 5.33. The Morgan fingerprint density at radius 3 is 2.72 bits per heavy atom. The van der Waals surface area contributed by atoms with Gasteiger partial charge in [-0.1, -0.05) is 42.8 Å². The van der Waals surface area contributed by atoms with Crippen molar-refractivity contribution in [2.45, 2.75) is 26.4 Å². The molecule has 0 spiro atoms. The average Bonchev–Trinajstić information content (AvgIpc) is 3.01. The number of aliphatic imine (C=N–C) groups is 1. The van der Waals surface area contributed by atoms with Gasteiger partial charge < -0.3 is 19.5 Å². The second-order valence-electron chi connectivity index (χ2n) is 7.21. The molecule has 32 heavy (non-hydrogen) atoms. The number of amides is 1. The minimum absolute atomic E-state index is 0.109. The molecule has 1 fully saturated rings. The molecule has 7 nitrogen and oxygen atoms in total. The second-order valence-corrected chi connectivity index (χ2v) is 8.96. The summed E-state index contributed by atoms with van der Waals surface area (Å²) in [5.41, 5.74) is 2.09. The first kappa shape index (κ1) is 24.3. The molecule has 9 heteroatoms. The molecule has 0 aliphatic carbocycles. The summed E-state index contributed by atoms with van der Waals surface area (Å²) in [5.74, 6) is -0.0677. The monoisotopic (exact) mass is 476 g/mol. The van der Waals surface area contributed by atoms with Gasteiger partial charge in [0.25, 0.3) is 0 Å². The van der Waals surface area contributed by atoms with Crippen molar-refractivity contribution >= 4 is 45.6 Å². The molecule has 0 saturated carbocycles. The zero-order valence-corrected chi connectivity index (χ0v) is 19.4. The van der Waals surface area contributed by atoms with Crippen molar-refractivity contribution in [3.63, 3.8) is 0 Å². The summed E-state index contributed by atoms with van der Waals surface area (Å²) in [6.45, 7) is 3.78. The van der Waals surface area contributed by atoms with Crippen LogP contribution in [0.25, 0.3) is 6.08 Å². The van der Waals surface area contributed by atoms with E-state index < -0.39 is 29.8 Å². The Kier molecular flexibility index (Phi) is 8.33. The topological polar surface area (TPSA) is 105 Å². The molecule has 0 radical (unpaired) electrons. The van der Waals surface area contributed by atoms with E-state index in [0.717, 1.165) is 12.0 Å². The lowest BCUT2D eigenvalue weighted by Crippen LogP contribution is -2.31. The number of rotatable bonds is 8. The molecule has 0 bridgehead atoms. The Balaban J connectivity index is 1.94. The Labute approximate surface area is 195 Å². The van der Waals surface area contributed by atoms with Gasteiger partial charge >= 0.3 is 11.1 Å². The van der Waals surface area contributed by atoms with Gasteiger partial charge in [-0.3, -0.25) is 4.79 Å². The minimum Gasteiger partial charge on any atom is -0.604 e. The van der Waals surface area contributed by atoms with Crippen LogP contribution in [0.1, 0.15) is 24.5 Å². The fourth-order valence-electron chi connectivity index (χ4n) is 3.05. The molecule has 2 N–H and O–H groups in total. The molecule has 3 rings (SSSR count). The molecule has 1 heterocycles. The van der Waals surface area contributed by atoms with Crippen LogP contribution in [-0.2, 0) is 16.0 Å². The van der Waals surface area contributed by atoms with E-state index in [2.05, 4.69) is 4.99 Å². The van der Waals surface area contributed by atoms with Crippen LogP contribution in [0.15, 0.2) is 52.4 Å². The lowest BCUT2D eigenvalue weighted by Gasteiger charge is -2.15. The Bertz CT molecular complexity index is 1040. The van der Waals surface area contributed by atoms with Gasteiger partial charge in [0.05, 0.1) is 28.5 Å². The lowest BCUT2D eigenvalue weighted by molar-refractivity contribution is -0.113. The summed E-state index contributed by atoms with van der Waals surface area (Å²) in [6, 6.07) is 12.2. The summed E-state index contributed by atoms with van der Waals surface area (Å²) < 4.78 is 18.6. The normalized spacial score (nSPS) is 19.8. The molecule has 170 valence electrons. The van der Waals surface area contributed by atoms with Crippen LogP contribution in [0.4, 0.5) is 5.69 Å². The molecule has 1 aliphatic heterocycles. The van der Waals surface area contributed by atoms with Gasteiger partial charge in [0.2, 0.25) is 4.91 Å². The van der Waals surface area contributed by atoms with Crippen molar-refractivity contribution in [3.05, 3.63) is 63.5 Å². The van der Waals surface area contributed by atoms with Gasteiger partial charge in [0.1, 0.15) is 18.5 Å². The van der Waals surface area contributed by atoms with Crippen LogP contribution in [0, 0.1) is 6.92 Å². The maximum atomic E-state index is 13.3. The number of ether oxygens (including phenoxy) is 1. The number of hydrogen-bond acceptors (Lipinski definition) is 6. The molecule has 2 atom stereocenters. The number of hydrogen-bond donors (Lipinski definition) is 2. The van der Waals surface area contributed by atoms with Crippen molar-refractivity contribution < 1.29 is 24.3 Å². The average molecular weight is 477 g/mol. The predicted octanol–water partition coefficient (Wildman–Crippen LogP) is 3.28. The van der Waals surface area contributed by atoms with Gasteiger partial charge in [-0.05, 0) is 42.7 Å². The SMILES string of the molecule is CCC/N=C1\N(c2ccccc2C)C(=O)/C(=C/c2ccc(OCC(O)CO)c(Cl)c2)[S+]1[O-]. The molecule has 1 saturated heterocycles. The molecule has 2 unspecified atom stereocenters. The van der Waals surface area contributed by atoms with Crippen molar-refractivity contribution in [1.82, 2.24) is 0 Å². The van der Waals surface area contributed by atoms with Crippen LogP contribution in [0.5, 0.6) is 5.75 Å². The van der Waals surface area contributed by atoms with Gasteiger partial charge in [-0.25, -0.2) is 9.89 Å². The maximum absolute atomic E-state index is 13.3. The van der Waals surface area contributed by atoms with Gasteiger partial charge in [-0.2, -0.15) is 0 Å². The van der Waals surface area contributed by atoms with E-state index in [1.54, 1.807) is 24.3 Å². The van der Waals surface area contributed by atoms with Crippen LogP contribution in [0.3, 0.4) is 0 Å². The van der Waals surface area contributed by atoms with E-state index in [4.69, 9.17) is 21.4 Å². The van der Waals surface area contributed by atoms with E-state index in [1.165, 1.54) is 11.0 Å². The number of nitrogens with zero attached hydrogens (tertiary/aromatic N) is 2. The van der Waals surface area contributed by atoms with Crippen molar-refractivity contribution in [1.29, 1.82) is 0 Å². The molecule has 2 aromatic rings. The number of aryl methyl sites for hydroxylation is 1. The number of aliphatic hydroxyl groups is 2. The summed E-state index contributed by atoms with van der Waals surface area (Å²) >= 11 is 4.52. The minimum atomic E-state index is -1.74. The quantitative estimate of drug-likeness (QED) is 0.449. The third-order valence-corrected chi connectivity index (χ3v) is 6.32. The second kappa shape index (κ2) is 11.0. The molecule has 2 aromatic carbocycles. The van der Waals surface area contributed by atoms with E-state index >= 15 is 0 Å². The number of amidine groups is 1. The number of para-hydroxylation sites is 1. The third-order valence-electron chi connectivity index (χ3n) is 4.69. The van der Waals surface area contributed by atoms with Crippen LogP contribution >= 0.6 is 11.6 Å². The highest BCUT2D eigenvalue weighted by Crippen LogP contribution is 2.34. The molecule has 0 aromatic heterocycles. The van der Waals surface area contributed by atoms with Gasteiger partial charge in [0.15, 0.2) is 0 Å². The van der Waals surface area contributed by atoms with Crippen molar-refractivity contribution in [2.24, 2.45) is 4.99 Å². The number of halogens is 1. The van der Waals surface area contributed by atoms with E-state index in [0.29, 0.717) is 23.5 Å². The van der Waals surface area contributed by atoms with E-state index in [9.17, 15) is 14.5 Å². The van der Waals surface area contributed by atoms with Crippen molar-refractivity contribution in [2.75, 3.05) is 24.7 Å². The first-order chi connectivity index (χ1) is 15.4. The largest absolute Gasteiger partial charge is 0.604 e. The molecule has 1 amide bonds. The summed E-state index contributed by atoms with van der Waals surface area (Å²) in [5, 5.41) is 18.8. The Morgan fingerprint density at radius 2 is 2.06 bits per heavy atom. The highest BCUT2D eigenvalue weighted by Gasteiger charge is 2.47. The van der Waals surface area contributed by atoms with Crippen LogP contribution in [-0.4, -0.2) is 51.7 Å². The highest BCUT2D eigenvalue weighted by molar-refractivity contribution is 8.12. The number of carbonyl (C=O) groups is 1.